The van der Waals surface area contributed by atoms with E-state index in [1.807, 2.05) is 0 Å². The third kappa shape index (κ3) is 11.1. The molecule has 0 spiro atoms. The Morgan fingerprint density at radius 2 is 1.11 bits per heavy atom. The molecular weight excluding hydrogens is 495 g/mol. The molecule has 2 aromatic rings. The van der Waals surface area contributed by atoms with Crippen molar-refractivity contribution in [3.8, 4) is 0 Å². The maximum atomic E-state index is 5.23. The summed E-state index contributed by atoms with van der Waals surface area (Å²) in [5.41, 5.74) is 10.1. The van der Waals surface area contributed by atoms with E-state index in [-0.39, 0.29) is 16.5 Å². The second kappa shape index (κ2) is 19.1. The van der Waals surface area contributed by atoms with Crippen molar-refractivity contribution in [2.45, 2.75) is 119 Å². The van der Waals surface area contributed by atoms with Crippen LogP contribution in [0.4, 0.5) is 11.4 Å². The van der Waals surface area contributed by atoms with Gasteiger partial charge in [0, 0.05) is 16.5 Å². The van der Waals surface area contributed by atoms with Crippen LogP contribution in [-0.4, -0.2) is 11.4 Å². The number of nitrogens with zero attached hydrogens (tertiary/aromatic N) is 2. The number of aryl methyl sites for hydroxylation is 4. The zero-order chi connectivity index (χ0) is 26.2. The number of allylic oxidation sites excluding steroid dienone is 2. The van der Waals surface area contributed by atoms with E-state index in [2.05, 4.69) is 90.1 Å². The van der Waals surface area contributed by atoms with Gasteiger partial charge in [0.2, 0.25) is 0 Å². The van der Waals surface area contributed by atoms with Crippen molar-refractivity contribution in [2.24, 2.45) is 9.98 Å². The van der Waals surface area contributed by atoms with E-state index in [0.717, 1.165) is 87.0 Å². The first-order chi connectivity index (χ1) is 17.6. The molecule has 2 nitrogen and oxygen atoms in total. The standard InChI is InChI=1S/C34H50N2.Ni/c1-7-13-19-33(35-31-23-21-27(15-9-3)29(25-31)17-11-5)34(20-14-8-2)36-32-24-22-28(16-10-4)30(26-32)18-12-6;/h13,19,21-26H,7-12,14-18,20H2,1-6H3;/b19-13+,35-33?,36-34?;. The minimum absolute atomic E-state index is 0. The van der Waals surface area contributed by atoms with E-state index in [0.29, 0.717) is 0 Å². The van der Waals surface area contributed by atoms with Gasteiger partial charge in [-0.2, -0.15) is 0 Å². The molecule has 0 radical (unpaired) electrons. The molecule has 0 unspecified atom stereocenters. The Morgan fingerprint density at radius 3 is 1.57 bits per heavy atom. The number of unbranched alkanes of at least 4 members (excludes halogenated alkanes) is 1. The van der Waals surface area contributed by atoms with Crippen molar-refractivity contribution in [2.75, 3.05) is 0 Å². The van der Waals surface area contributed by atoms with Gasteiger partial charge in [-0.05, 0) is 97.5 Å². The first kappa shape index (κ1) is 33.0. The molecule has 0 saturated heterocycles. The topological polar surface area (TPSA) is 24.7 Å². The van der Waals surface area contributed by atoms with Crippen LogP contribution in [0.3, 0.4) is 0 Å². The van der Waals surface area contributed by atoms with Crippen molar-refractivity contribution < 1.29 is 16.5 Å². The van der Waals surface area contributed by atoms with E-state index >= 15 is 0 Å². The number of hydrogen-bond acceptors (Lipinski definition) is 2. The van der Waals surface area contributed by atoms with E-state index in [1.165, 1.54) is 35.1 Å². The van der Waals surface area contributed by atoms with Crippen LogP contribution in [0.1, 0.15) is 115 Å². The number of benzene rings is 2. The van der Waals surface area contributed by atoms with Crippen molar-refractivity contribution in [3.63, 3.8) is 0 Å². The minimum atomic E-state index is 0. The maximum Gasteiger partial charge on any atom is 0.0848 e. The Kier molecular flexibility index (Phi) is 17.1. The Morgan fingerprint density at radius 1 is 0.622 bits per heavy atom. The molecule has 0 fully saturated rings. The SMILES string of the molecule is CC/C=C/C(=Nc1ccc(CCC)c(CCC)c1)C(CCCC)=Nc1ccc(CCC)c(CCC)c1.[Ni]. The summed E-state index contributed by atoms with van der Waals surface area (Å²) in [6, 6.07) is 13.6. The molecule has 0 aliphatic rings. The van der Waals surface area contributed by atoms with Gasteiger partial charge in [-0.25, -0.2) is 4.99 Å². The number of hydrogen-bond donors (Lipinski definition) is 0. The molecule has 0 heterocycles. The maximum absolute atomic E-state index is 5.23. The average molecular weight is 545 g/mol. The van der Waals surface area contributed by atoms with Crippen LogP contribution in [-0.2, 0) is 42.2 Å². The fourth-order valence-corrected chi connectivity index (χ4v) is 4.70. The van der Waals surface area contributed by atoms with Crippen LogP contribution in [0.25, 0.3) is 0 Å². The van der Waals surface area contributed by atoms with E-state index in [4.69, 9.17) is 9.98 Å². The van der Waals surface area contributed by atoms with Gasteiger partial charge in [-0.15, -0.1) is 0 Å². The third-order valence-corrected chi connectivity index (χ3v) is 6.54. The van der Waals surface area contributed by atoms with Gasteiger partial charge >= 0.3 is 0 Å². The third-order valence-electron chi connectivity index (χ3n) is 6.54. The summed E-state index contributed by atoms with van der Waals surface area (Å²) >= 11 is 0. The average Bonchev–Trinajstić information content (AvgIpc) is 2.88. The second-order valence-corrected chi connectivity index (χ2v) is 9.88. The quantitative estimate of drug-likeness (QED) is 0.148. The summed E-state index contributed by atoms with van der Waals surface area (Å²) in [4.78, 5) is 10.4. The summed E-state index contributed by atoms with van der Waals surface area (Å²) in [6.45, 7) is 13.5. The van der Waals surface area contributed by atoms with Crippen molar-refractivity contribution in [1.29, 1.82) is 0 Å². The molecule has 3 heteroatoms. The fourth-order valence-electron chi connectivity index (χ4n) is 4.70. The van der Waals surface area contributed by atoms with Crippen molar-refractivity contribution in [1.82, 2.24) is 0 Å². The Hall–Kier alpha value is -1.99. The van der Waals surface area contributed by atoms with Gasteiger partial charge in [0.1, 0.15) is 0 Å². The molecule has 37 heavy (non-hydrogen) atoms. The molecule has 206 valence electrons. The molecule has 0 saturated carbocycles. The number of rotatable bonds is 16. The van der Waals surface area contributed by atoms with E-state index < -0.39 is 0 Å². The molecular formula is C34H50N2Ni. The van der Waals surface area contributed by atoms with Crippen LogP contribution in [0, 0.1) is 0 Å². The van der Waals surface area contributed by atoms with Crippen LogP contribution in [0.5, 0.6) is 0 Å². The van der Waals surface area contributed by atoms with E-state index in [1.54, 1.807) is 0 Å². The number of aliphatic imine (C=N–C) groups is 2. The van der Waals surface area contributed by atoms with Gasteiger partial charge < -0.3 is 0 Å². The molecule has 0 aliphatic heterocycles. The molecule has 0 atom stereocenters. The molecule has 0 aromatic heterocycles. The monoisotopic (exact) mass is 544 g/mol. The Labute approximate surface area is 238 Å². The predicted molar refractivity (Wildman–Crippen MR) is 162 cm³/mol. The molecule has 0 bridgehead atoms. The van der Waals surface area contributed by atoms with Gasteiger partial charge in [0.05, 0.1) is 22.8 Å². The molecule has 0 N–H and O–H groups in total. The fraction of sp³-hybridized carbons (Fsp3) is 0.529. The zero-order valence-corrected chi connectivity index (χ0v) is 25.3. The normalized spacial score (nSPS) is 12.3. The van der Waals surface area contributed by atoms with Gasteiger partial charge in [0.25, 0.3) is 0 Å². The summed E-state index contributed by atoms with van der Waals surface area (Å²) in [7, 11) is 0. The first-order valence-electron chi connectivity index (χ1n) is 14.7. The van der Waals surface area contributed by atoms with Crippen LogP contribution in [0.15, 0.2) is 58.5 Å². The Bertz CT molecular complexity index is 1020. The second-order valence-electron chi connectivity index (χ2n) is 9.88. The zero-order valence-electron chi connectivity index (χ0n) is 24.3. The largest absolute Gasteiger partial charge is 0.251 e. The summed E-state index contributed by atoms with van der Waals surface area (Å²) in [5.74, 6) is 0. The minimum Gasteiger partial charge on any atom is -0.251 e. The predicted octanol–water partition coefficient (Wildman–Crippen LogP) is 10.5. The Balaban J connectivity index is 0.00000684. The van der Waals surface area contributed by atoms with Crippen molar-refractivity contribution in [3.05, 3.63) is 70.8 Å². The van der Waals surface area contributed by atoms with Crippen LogP contribution >= 0.6 is 0 Å². The van der Waals surface area contributed by atoms with Gasteiger partial charge in [-0.3, -0.25) is 4.99 Å². The smallest absolute Gasteiger partial charge is 0.0848 e. The van der Waals surface area contributed by atoms with Gasteiger partial charge in [0.15, 0.2) is 0 Å². The summed E-state index contributed by atoms with van der Waals surface area (Å²) in [5, 5.41) is 0. The van der Waals surface area contributed by atoms with Crippen molar-refractivity contribution >= 4 is 22.8 Å². The summed E-state index contributed by atoms with van der Waals surface area (Å²) in [6.07, 6.45) is 17.8. The summed E-state index contributed by atoms with van der Waals surface area (Å²) < 4.78 is 0. The molecule has 2 aromatic carbocycles. The molecule has 0 aliphatic carbocycles. The van der Waals surface area contributed by atoms with Gasteiger partial charge in [-0.1, -0.05) is 91.9 Å². The molecule has 2 rings (SSSR count). The molecule has 0 amide bonds. The van der Waals surface area contributed by atoms with Crippen LogP contribution < -0.4 is 0 Å². The first-order valence-corrected chi connectivity index (χ1v) is 14.7. The van der Waals surface area contributed by atoms with E-state index in [9.17, 15) is 0 Å². The van der Waals surface area contributed by atoms with Crippen LogP contribution in [0.2, 0.25) is 0 Å².